The fraction of sp³-hybridized carbons (Fsp3) is 0.364. The van der Waals surface area contributed by atoms with Crippen molar-refractivity contribution in [2.24, 2.45) is 0 Å². The maximum atomic E-state index is 11.8. The molecule has 1 fully saturated rings. The standard InChI is InChI=1S/C11H13NO4S/c13-11(9-4-2-1-3-5-9)12-17(14,15)10-6-7-16-8-10/h1-5,10H,6-8H2,(H,12,13). The first-order valence-electron chi connectivity index (χ1n) is 5.28. The van der Waals surface area contributed by atoms with E-state index in [1.165, 1.54) is 0 Å². The maximum absolute atomic E-state index is 11.8. The van der Waals surface area contributed by atoms with Gasteiger partial charge in [0.15, 0.2) is 0 Å². The van der Waals surface area contributed by atoms with Crippen LogP contribution in [0.1, 0.15) is 16.8 Å². The van der Waals surface area contributed by atoms with Crippen LogP contribution in [0.3, 0.4) is 0 Å². The lowest BCUT2D eigenvalue weighted by Gasteiger charge is -2.10. The number of carbonyl (C=O) groups excluding carboxylic acids is 1. The van der Waals surface area contributed by atoms with Gasteiger partial charge in [0.25, 0.3) is 5.91 Å². The largest absolute Gasteiger partial charge is 0.380 e. The third kappa shape index (κ3) is 2.83. The first-order chi connectivity index (χ1) is 8.09. The van der Waals surface area contributed by atoms with Crippen molar-refractivity contribution < 1.29 is 17.9 Å². The van der Waals surface area contributed by atoms with E-state index in [1.54, 1.807) is 30.3 Å². The third-order valence-corrected chi connectivity index (χ3v) is 4.32. The van der Waals surface area contributed by atoms with Crippen LogP contribution in [0, 0.1) is 0 Å². The number of rotatable bonds is 3. The molecule has 92 valence electrons. The van der Waals surface area contributed by atoms with Crippen molar-refractivity contribution >= 4 is 15.9 Å². The zero-order valence-corrected chi connectivity index (χ0v) is 9.94. The smallest absolute Gasteiger partial charge is 0.264 e. The molecule has 1 aliphatic rings. The Morgan fingerprint density at radius 2 is 2.00 bits per heavy atom. The number of carbonyl (C=O) groups is 1. The van der Waals surface area contributed by atoms with E-state index in [2.05, 4.69) is 4.72 Å². The van der Waals surface area contributed by atoms with Crippen LogP contribution in [0.2, 0.25) is 0 Å². The summed E-state index contributed by atoms with van der Waals surface area (Å²) in [5, 5.41) is -0.629. The molecule has 1 heterocycles. The minimum Gasteiger partial charge on any atom is -0.380 e. The Morgan fingerprint density at radius 1 is 1.29 bits per heavy atom. The van der Waals surface area contributed by atoms with E-state index < -0.39 is 21.2 Å². The highest BCUT2D eigenvalue weighted by molar-refractivity contribution is 7.90. The molecule has 0 aliphatic carbocycles. The fourth-order valence-corrected chi connectivity index (χ4v) is 2.84. The van der Waals surface area contributed by atoms with Gasteiger partial charge < -0.3 is 4.74 Å². The summed E-state index contributed by atoms with van der Waals surface area (Å²) in [6, 6.07) is 8.25. The van der Waals surface area contributed by atoms with Gasteiger partial charge in [0.05, 0.1) is 6.61 Å². The van der Waals surface area contributed by atoms with Crippen LogP contribution >= 0.6 is 0 Å². The summed E-state index contributed by atoms with van der Waals surface area (Å²) >= 11 is 0. The topological polar surface area (TPSA) is 72.5 Å². The summed E-state index contributed by atoms with van der Waals surface area (Å²) in [5.41, 5.74) is 0.329. The SMILES string of the molecule is O=C(NS(=O)(=O)C1CCOC1)c1ccccc1. The van der Waals surface area contributed by atoms with E-state index in [9.17, 15) is 13.2 Å². The lowest BCUT2D eigenvalue weighted by Crippen LogP contribution is -2.38. The number of ether oxygens (including phenoxy) is 1. The quantitative estimate of drug-likeness (QED) is 0.855. The van der Waals surface area contributed by atoms with Crippen LogP contribution in [0.15, 0.2) is 30.3 Å². The molecule has 5 nitrogen and oxygen atoms in total. The molecule has 0 spiro atoms. The summed E-state index contributed by atoms with van der Waals surface area (Å²) < 4.78 is 30.7. The molecular formula is C11H13NO4S. The molecule has 1 aliphatic heterocycles. The van der Waals surface area contributed by atoms with Gasteiger partial charge in [-0.05, 0) is 18.6 Å². The molecule has 1 aromatic carbocycles. The van der Waals surface area contributed by atoms with Gasteiger partial charge >= 0.3 is 0 Å². The van der Waals surface area contributed by atoms with Crippen LogP contribution in [0.25, 0.3) is 0 Å². The van der Waals surface area contributed by atoms with Crippen molar-refractivity contribution in [3.8, 4) is 0 Å². The summed E-state index contributed by atoms with van der Waals surface area (Å²) in [7, 11) is -3.63. The predicted molar refractivity (Wildman–Crippen MR) is 62.1 cm³/mol. The molecule has 0 aromatic heterocycles. The second-order valence-electron chi connectivity index (χ2n) is 3.83. The average molecular weight is 255 g/mol. The molecule has 0 saturated carbocycles. The molecule has 1 amide bonds. The first-order valence-corrected chi connectivity index (χ1v) is 6.83. The van der Waals surface area contributed by atoms with E-state index in [0.717, 1.165) is 0 Å². The van der Waals surface area contributed by atoms with E-state index in [-0.39, 0.29) is 6.61 Å². The van der Waals surface area contributed by atoms with E-state index in [1.807, 2.05) is 0 Å². The second-order valence-corrected chi connectivity index (χ2v) is 5.79. The van der Waals surface area contributed by atoms with Crippen LogP contribution in [0.4, 0.5) is 0 Å². The Morgan fingerprint density at radius 3 is 2.59 bits per heavy atom. The van der Waals surface area contributed by atoms with Gasteiger partial charge in [0, 0.05) is 12.2 Å². The van der Waals surface area contributed by atoms with Gasteiger partial charge in [-0.3, -0.25) is 4.79 Å². The molecule has 0 bridgehead atoms. The molecule has 1 unspecified atom stereocenters. The van der Waals surface area contributed by atoms with Crippen molar-refractivity contribution in [3.05, 3.63) is 35.9 Å². The Kier molecular flexibility index (Phi) is 3.44. The normalized spacial score (nSPS) is 20.1. The summed E-state index contributed by atoms with van der Waals surface area (Å²) in [6.07, 6.45) is 0.428. The van der Waals surface area contributed by atoms with Crippen molar-refractivity contribution in [2.75, 3.05) is 13.2 Å². The number of nitrogens with one attached hydrogen (secondary N) is 1. The Balaban J connectivity index is 2.08. The van der Waals surface area contributed by atoms with Gasteiger partial charge in [0.2, 0.25) is 10.0 Å². The lowest BCUT2D eigenvalue weighted by atomic mass is 10.2. The van der Waals surface area contributed by atoms with Crippen molar-refractivity contribution in [2.45, 2.75) is 11.7 Å². The van der Waals surface area contributed by atoms with Gasteiger partial charge in [-0.1, -0.05) is 18.2 Å². The number of sulfonamides is 1. The average Bonchev–Trinajstić information content (AvgIpc) is 2.84. The van der Waals surface area contributed by atoms with Gasteiger partial charge in [-0.25, -0.2) is 13.1 Å². The monoisotopic (exact) mass is 255 g/mol. The minimum atomic E-state index is -3.63. The minimum absolute atomic E-state index is 0.150. The van der Waals surface area contributed by atoms with Crippen molar-refractivity contribution in [1.29, 1.82) is 0 Å². The fourth-order valence-electron chi connectivity index (χ4n) is 1.62. The maximum Gasteiger partial charge on any atom is 0.264 e. The molecule has 2 rings (SSSR count). The molecular weight excluding hydrogens is 242 g/mol. The van der Waals surface area contributed by atoms with Gasteiger partial charge in [-0.15, -0.1) is 0 Å². The second kappa shape index (κ2) is 4.85. The number of hydrogen-bond acceptors (Lipinski definition) is 4. The van der Waals surface area contributed by atoms with Crippen LogP contribution in [-0.2, 0) is 14.8 Å². The lowest BCUT2D eigenvalue weighted by molar-refractivity contribution is 0.0981. The molecule has 1 saturated heterocycles. The van der Waals surface area contributed by atoms with Crippen molar-refractivity contribution in [3.63, 3.8) is 0 Å². The number of hydrogen-bond donors (Lipinski definition) is 1. The van der Waals surface area contributed by atoms with Gasteiger partial charge in [0.1, 0.15) is 5.25 Å². The van der Waals surface area contributed by atoms with E-state index >= 15 is 0 Å². The molecule has 17 heavy (non-hydrogen) atoms. The molecule has 1 N–H and O–H groups in total. The zero-order chi connectivity index (χ0) is 12.3. The van der Waals surface area contributed by atoms with Gasteiger partial charge in [-0.2, -0.15) is 0 Å². The van der Waals surface area contributed by atoms with Crippen molar-refractivity contribution in [1.82, 2.24) is 4.72 Å². The van der Waals surface area contributed by atoms with Crippen LogP contribution in [-0.4, -0.2) is 32.8 Å². The Labute approximate surface area is 99.8 Å². The number of amides is 1. The summed E-state index contributed by atoms with van der Waals surface area (Å²) in [4.78, 5) is 11.7. The highest BCUT2D eigenvalue weighted by Crippen LogP contribution is 2.13. The third-order valence-electron chi connectivity index (χ3n) is 2.60. The Hall–Kier alpha value is -1.40. The number of benzene rings is 1. The molecule has 1 aromatic rings. The highest BCUT2D eigenvalue weighted by Gasteiger charge is 2.31. The molecule has 6 heteroatoms. The molecule has 0 radical (unpaired) electrons. The summed E-state index contributed by atoms with van der Waals surface area (Å²) in [6.45, 7) is 0.572. The van der Waals surface area contributed by atoms with E-state index in [4.69, 9.17) is 4.74 Å². The van der Waals surface area contributed by atoms with Crippen LogP contribution in [0.5, 0.6) is 0 Å². The predicted octanol–water partition coefficient (Wildman–Crippen LogP) is 0.535. The highest BCUT2D eigenvalue weighted by atomic mass is 32.2. The molecule has 1 atom stereocenters. The van der Waals surface area contributed by atoms with Crippen LogP contribution < -0.4 is 4.72 Å². The summed E-state index contributed by atoms with van der Waals surface area (Å²) in [5.74, 6) is -0.600. The zero-order valence-electron chi connectivity index (χ0n) is 9.13. The first kappa shape index (κ1) is 12.1. The Bertz CT molecular complexity index is 491. The van der Waals surface area contributed by atoms with E-state index in [0.29, 0.717) is 18.6 Å².